The van der Waals surface area contributed by atoms with E-state index in [2.05, 4.69) is 0 Å². The van der Waals surface area contributed by atoms with Crippen molar-refractivity contribution in [2.24, 2.45) is 0 Å². The Morgan fingerprint density at radius 3 is 2.52 bits per heavy atom. The van der Waals surface area contributed by atoms with Crippen molar-refractivity contribution >= 4 is 15.7 Å². The highest BCUT2D eigenvalue weighted by Crippen LogP contribution is 2.30. The maximum Gasteiger partial charge on any atom is 0.289 e. The third kappa shape index (κ3) is 3.58. The van der Waals surface area contributed by atoms with Crippen molar-refractivity contribution in [1.82, 2.24) is 4.31 Å². The summed E-state index contributed by atoms with van der Waals surface area (Å²) >= 11 is 0. The van der Waals surface area contributed by atoms with Gasteiger partial charge in [-0.2, -0.15) is 4.31 Å². The molecule has 0 bridgehead atoms. The number of ether oxygens (including phenoxy) is 1. The zero-order chi connectivity index (χ0) is 16.2. The molecule has 0 aliphatic heterocycles. The van der Waals surface area contributed by atoms with Gasteiger partial charge in [0.25, 0.3) is 5.69 Å². The van der Waals surface area contributed by atoms with E-state index >= 15 is 0 Å². The lowest BCUT2D eigenvalue weighted by molar-refractivity contribution is -0.387. The van der Waals surface area contributed by atoms with E-state index < -0.39 is 26.7 Å². The molecule has 1 aromatic rings. The van der Waals surface area contributed by atoms with Gasteiger partial charge in [-0.1, -0.05) is 19.1 Å². The monoisotopic (exact) mass is 316 g/mol. The minimum absolute atomic E-state index is 0.207. The third-order valence-corrected chi connectivity index (χ3v) is 5.45. The van der Waals surface area contributed by atoms with Gasteiger partial charge in [0.15, 0.2) is 4.90 Å². The van der Waals surface area contributed by atoms with Gasteiger partial charge in [0.1, 0.15) is 0 Å². The lowest BCUT2D eigenvalue weighted by Gasteiger charge is -2.27. The Labute approximate surface area is 124 Å². The smallest absolute Gasteiger partial charge is 0.289 e. The van der Waals surface area contributed by atoms with Crippen LogP contribution in [0.3, 0.4) is 0 Å². The van der Waals surface area contributed by atoms with Crippen LogP contribution in [0.5, 0.6) is 0 Å². The number of benzene rings is 1. The number of likely N-dealkylation sites (N-methyl/N-ethyl adjacent to an activating group) is 1. The summed E-state index contributed by atoms with van der Waals surface area (Å²) in [6, 6.07) is 3.81. The molecule has 1 rings (SSSR count). The minimum atomic E-state index is -3.97. The fraction of sp³-hybridized carbons (Fsp3) is 0.538. The summed E-state index contributed by atoms with van der Waals surface area (Å²) < 4.78 is 31.8. The van der Waals surface area contributed by atoms with Gasteiger partial charge >= 0.3 is 0 Å². The molecule has 0 saturated carbocycles. The van der Waals surface area contributed by atoms with Crippen molar-refractivity contribution in [3.05, 3.63) is 33.9 Å². The summed E-state index contributed by atoms with van der Waals surface area (Å²) in [7, 11) is -2.49. The number of aryl methyl sites for hydroxylation is 1. The van der Waals surface area contributed by atoms with Crippen molar-refractivity contribution in [2.75, 3.05) is 20.3 Å². The molecule has 8 heteroatoms. The Morgan fingerprint density at radius 1 is 1.43 bits per heavy atom. The van der Waals surface area contributed by atoms with Gasteiger partial charge in [-0.05, 0) is 19.4 Å². The average Bonchev–Trinajstić information content (AvgIpc) is 2.38. The Morgan fingerprint density at radius 2 is 2.05 bits per heavy atom. The lowest BCUT2D eigenvalue weighted by Crippen LogP contribution is -2.41. The Balaban J connectivity index is 3.46. The first-order chi connectivity index (χ1) is 9.77. The molecular weight excluding hydrogens is 296 g/mol. The van der Waals surface area contributed by atoms with Crippen LogP contribution >= 0.6 is 0 Å². The predicted octanol–water partition coefficient (Wildman–Crippen LogP) is 1.95. The molecule has 0 aliphatic carbocycles. The number of nitro benzene ring substituents is 1. The number of methoxy groups -OCH3 is 1. The number of hydrogen-bond acceptors (Lipinski definition) is 5. The number of sulfonamides is 1. The first kappa shape index (κ1) is 17.5. The standard InChI is InChI=1S/C13H20N2O5S/c1-5-14(11(3)9-20-4)21(18,19)13-10(2)7-6-8-12(13)15(16)17/h6-8,11H,5,9H2,1-4H3/t11-/m1/s1. The van der Waals surface area contributed by atoms with E-state index in [-0.39, 0.29) is 18.0 Å². The molecule has 1 aromatic carbocycles. The third-order valence-electron chi connectivity index (χ3n) is 3.17. The van der Waals surface area contributed by atoms with Crippen molar-refractivity contribution in [2.45, 2.75) is 31.7 Å². The summed E-state index contributed by atoms with van der Waals surface area (Å²) in [5, 5.41) is 11.1. The van der Waals surface area contributed by atoms with Crippen LogP contribution in [0.4, 0.5) is 5.69 Å². The Bertz CT molecular complexity index is 615. The van der Waals surface area contributed by atoms with E-state index in [9.17, 15) is 18.5 Å². The van der Waals surface area contributed by atoms with Crippen molar-refractivity contribution in [3.63, 3.8) is 0 Å². The average molecular weight is 316 g/mol. The number of nitro groups is 1. The predicted molar refractivity (Wildman–Crippen MR) is 78.7 cm³/mol. The highest BCUT2D eigenvalue weighted by molar-refractivity contribution is 7.89. The highest BCUT2D eigenvalue weighted by atomic mass is 32.2. The normalized spacial score (nSPS) is 13.4. The molecule has 0 amide bonds. The molecule has 21 heavy (non-hydrogen) atoms. The minimum Gasteiger partial charge on any atom is -0.383 e. The molecule has 1 atom stereocenters. The topological polar surface area (TPSA) is 89.8 Å². The van der Waals surface area contributed by atoms with E-state index in [1.807, 2.05) is 0 Å². The van der Waals surface area contributed by atoms with Crippen LogP contribution in [0.15, 0.2) is 23.1 Å². The van der Waals surface area contributed by atoms with Crippen LogP contribution in [0.1, 0.15) is 19.4 Å². The van der Waals surface area contributed by atoms with E-state index in [1.54, 1.807) is 26.8 Å². The van der Waals surface area contributed by atoms with Crippen LogP contribution in [0, 0.1) is 17.0 Å². The van der Waals surface area contributed by atoms with Gasteiger partial charge in [-0.3, -0.25) is 10.1 Å². The first-order valence-corrected chi connectivity index (χ1v) is 7.96. The SMILES string of the molecule is CCN([C@H](C)COC)S(=O)(=O)c1c(C)cccc1[N+](=O)[O-]. The van der Waals surface area contributed by atoms with Crippen LogP contribution in [-0.4, -0.2) is 43.9 Å². The molecule has 118 valence electrons. The molecule has 0 aliphatic rings. The molecule has 7 nitrogen and oxygen atoms in total. The van der Waals surface area contributed by atoms with Crippen LogP contribution in [0.25, 0.3) is 0 Å². The van der Waals surface area contributed by atoms with Crippen molar-refractivity contribution in [3.8, 4) is 0 Å². The zero-order valence-electron chi connectivity index (χ0n) is 12.6. The summed E-state index contributed by atoms with van der Waals surface area (Å²) in [5.74, 6) is 0. The van der Waals surface area contributed by atoms with Crippen LogP contribution in [-0.2, 0) is 14.8 Å². The molecule has 0 saturated heterocycles. The summed E-state index contributed by atoms with van der Waals surface area (Å²) in [6.07, 6.45) is 0. The second kappa shape index (κ2) is 6.97. The van der Waals surface area contributed by atoms with Crippen LogP contribution in [0.2, 0.25) is 0 Å². The van der Waals surface area contributed by atoms with E-state index in [1.165, 1.54) is 23.5 Å². The second-order valence-electron chi connectivity index (χ2n) is 4.69. The van der Waals surface area contributed by atoms with Gasteiger partial charge in [0.05, 0.1) is 11.5 Å². The van der Waals surface area contributed by atoms with E-state index in [4.69, 9.17) is 4.74 Å². The maximum atomic E-state index is 12.8. The number of nitrogens with zero attached hydrogens (tertiary/aromatic N) is 2. The first-order valence-electron chi connectivity index (χ1n) is 6.52. The number of rotatable bonds is 7. The van der Waals surface area contributed by atoms with Gasteiger partial charge in [0, 0.05) is 25.8 Å². The van der Waals surface area contributed by atoms with Crippen molar-refractivity contribution < 1.29 is 18.1 Å². The fourth-order valence-corrected chi connectivity index (χ4v) is 4.27. The zero-order valence-corrected chi connectivity index (χ0v) is 13.4. The molecule has 0 unspecified atom stereocenters. The molecule has 0 N–H and O–H groups in total. The quantitative estimate of drug-likeness (QED) is 0.566. The van der Waals surface area contributed by atoms with E-state index in [0.717, 1.165) is 0 Å². The Kier molecular flexibility index (Phi) is 5.82. The summed E-state index contributed by atoms with van der Waals surface area (Å²) in [4.78, 5) is 10.2. The molecule has 0 spiro atoms. The van der Waals surface area contributed by atoms with Gasteiger partial charge in [-0.25, -0.2) is 8.42 Å². The molecule has 0 aromatic heterocycles. The maximum absolute atomic E-state index is 12.8. The van der Waals surface area contributed by atoms with Gasteiger partial charge < -0.3 is 4.74 Å². The Hall–Kier alpha value is -1.51. The second-order valence-corrected chi connectivity index (χ2v) is 6.52. The van der Waals surface area contributed by atoms with E-state index in [0.29, 0.717) is 5.56 Å². The number of hydrogen-bond donors (Lipinski definition) is 0. The summed E-state index contributed by atoms with van der Waals surface area (Å²) in [5.41, 5.74) is -0.0506. The largest absolute Gasteiger partial charge is 0.383 e. The molecule has 0 radical (unpaired) electrons. The highest BCUT2D eigenvalue weighted by Gasteiger charge is 2.34. The molecule has 0 heterocycles. The van der Waals surface area contributed by atoms with Crippen molar-refractivity contribution in [1.29, 1.82) is 0 Å². The lowest BCUT2D eigenvalue weighted by atomic mass is 10.2. The summed E-state index contributed by atoms with van der Waals surface area (Å²) in [6.45, 7) is 5.36. The fourth-order valence-electron chi connectivity index (χ4n) is 2.28. The molecular formula is C13H20N2O5S. The molecule has 0 fully saturated rings. The van der Waals surface area contributed by atoms with Gasteiger partial charge in [-0.15, -0.1) is 0 Å². The van der Waals surface area contributed by atoms with Crippen LogP contribution < -0.4 is 0 Å². The van der Waals surface area contributed by atoms with Gasteiger partial charge in [0.2, 0.25) is 10.0 Å².